The third kappa shape index (κ3) is 4.46. The van der Waals surface area contributed by atoms with E-state index in [-0.39, 0.29) is 22.3 Å². The minimum atomic E-state index is -3.83. The zero-order chi connectivity index (χ0) is 17.0. The Labute approximate surface area is 140 Å². The van der Waals surface area contributed by atoms with Gasteiger partial charge in [-0.2, -0.15) is 0 Å². The van der Waals surface area contributed by atoms with Gasteiger partial charge in [-0.1, -0.05) is 23.7 Å². The summed E-state index contributed by atoms with van der Waals surface area (Å²) in [4.78, 5) is 12.1. The molecular formula is C16H16ClNO4S. The molecule has 2 aromatic carbocycles. The van der Waals surface area contributed by atoms with Crippen LogP contribution in [0.15, 0.2) is 53.4 Å². The first-order valence-electron chi connectivity index (χ1n) is 6.88. The standard InChI is InChI=1S/C16H16ClNO4S/c1-11(2)22-16(19)14-5-3-4-6-15(14)18-23(20,21)13-9-7-12(17)8-10-13/h3-11,18H,1-2H3. The lowest BCUT2D eigenvalue weighted by atomic mass is 10.2. The van der Waals surface area contributed by atoms with E-state index in [9.17, 15) is 13.2 Å². The second kappa shape index (κ2) is 7.02. The van der Waals surface area contributed by atoms with E-state index in [1.165, 1.54) is 36.4 Å². The largest absolute Gasteiger partial charge is 0.459 e. The molecule has 0 fully saturated rings. The van der Waals surface area contributed by atoms with Gasteiger partial charge >= 0.3 is 5.97 Å². The summed E-state index contributed by atoms with van der Waals surface area (Å²) in [5.41, 5.74) is 0.312. The molecule has 5 nitrogen and oxygen atoms in total. The molecule has 0 aliphatic carbocycles. The zero-order valence-electron chi connectivity index (χ0n) is 12.6. The number of para-hydroxylation sites is 1. The molecule has 122 valence electrons. The number of benzene rings is 2. The first-order valence-corrected chi connectivity index (χ1v) is 8.74. The Morgan fingerprint density at radius 1 is 1.09 bits per heavy atom. The van der Waals surface area contributed by atoms with Gasteiger partial charge in [-0.25, -0.2) is 13.2 Å². The molecule has 2 aromatic rings. The summed E-state index contributed by atoms with van der Waals surface area (Å²) in [7, 11) is -3.83. The Morgan fingerprint density at radius 2 is 1.70 bits per heavy atom. The van der Waals surface area contributed by atoms with Gasteiger partial charge in [0.15, 0.2) is 0 Å². The highest BCUT2D eigenvalue weighted by molar-refractivity contribution is 7.92. The molecule has 23 heavy (non-hydrogen) atoms. The van der Waals surface area contributed by atoms with Gasteiger partial charge in [0.2, 0.25) is 0 Å². The van der Waals surface area contributed by atoms with Crippen LogP contribution in [-0.4, -0.2) is 20.5 Å². The maximum Gasteiger partial charge on any atom is 0.340 e. The number of nitrogens with one attached hydrogen (secondary N) is 1. The Kier molecular flexibility index (Phi) is 5.28. The lowest BCUT2D eigenvalue weighted by Crippen LogP contribution is -2.18. The van der Waals surface area contributed by atoms with E-state index in [1.807, 2.05) is 0 Å². The van der Waals surface area contributed by atoms with E-state index in [0.717, 1.165) is 0 Å². The fraction of sp³-hybridized carbons (Fsp3) is 0.188. The van der Waals surface area contributed by atoms with Crippen molar-refractivity contribution in [1.29, 1.82) is 0 Å². The van der Waals surface area contributed by atoms with E-state index in [4.69, 9.17) is 16.3 Å². The number of hydrogen-bond donors (Lipinski definition) is 1. The molecule has 0 saturated carbocycles. The van der Waals surface area contributed by atoms with Crippen LogP contribution in [0.1, 0.15) is 24.2 Å². The molecule has 7 heteroatoms. The molecule has 0 aliphatic heterocycles. The van der Waals surface area contributed by atoms with E-state index >= 15 is 0 Å². The van der Waals surface area contributed by atoms with Crippen LogP contribution in [0.5, 0.6) is 0 Å². The number of ether oxygens (including phenoxy) is 1. The molecule has 0 spiro atoms. The third-order valence-corrected chi connectivity index (χ3v) is 4.49. The van der Waals surface area contributed by atoms with Crippen molar-refractivity contribution < 1.29 is 17.9 Å². The van der Waals surface area contributed by atoms with Crippen molar-refractivity contribution in [3.05, 3.63) is 59.1 Å². The van der Waals surface area contributed by atoms with Crippen molar-refractivity contribution in [3.63, 3.8) is 0 Å². The molecule has 0 heterocycles. The minimum absolute atomic E-state index is 0.0499. The highest BCUT2D eigenvalue weighted by Crippen LogP contribution is 2.22. The number of hydrogen-bond acceptors (Lipinski definition) is 4. The lowest BCUT2D eigenvalue weighted by Gasteiger charge is -2.13. The summed E-state index contributed by atoms with van der Waals surface area (Å²) in [5, 5.41) is 0.435. The fourth-order valence-electron chi connectivity index (χ4n) is 1.85. The summed E-state index contributed by atoms with van der Waals surface area (Å²) in [6.07, 6.45) is -0.302. The van der Waals surface area contributed by atoms with Crippen LogP contribution in [0, 0.1) is 0 Å². The third-order valence-electron chi connectivity index (χ3n) is 2.86. The molecule has 0 amide bonds. The van der Waals surface area contributed by atoms with Gasteiger partial charge in [0.1, 0.15) is 0 Å². The summed E-state index contributed by atoms with van der Waals surface area (Å²) >= 11 is 5.76. The van der Waals surface area contributed by atoms with Gasteiger partial charge in [0.05, 0.1) is 22.3 Å². The first-order chi connectivity index (χ1) is 10.8. The topological polar surface area (TPSA) is 72.5 Å². The number of esters is 1. The van der Waals surface area contributed by atoms with Gasteiger partial charge in [-0.05, 0) is 50.2 Å². The van der Waals surface area contributed by atoms with Gasteiger partial charge in [-0.15, -0.1) is 0 Å². The summed E-state index contributed by atoms with van der Waals surface area (Å²) in [6, 6.07) is 12.0. The number of anilines is 1. The van der Waals surface area contributed by atoms with Crippen LogP contribution in [0.3, 0.4) is 0 Å². The van der Waals surface area contributed by atoms with Crippen molar-refractivity contribution >= 4 is 33.3 Å². The molecule has 0 aromatic heterocycles. The van der Waals surface area contributed by atoms with E-state index in [1.54, 1.807) is 26.0 Å². The highest BCUT2D eigenvalue weighted by Gasteiger charge is 2.19. The van der Waals surface area contributed by atoms with Gasteiger partial charge < -0.3 is 4.74 Å². The van der Waals surface area contributed by atoms with Crippen molar-refractivity contribution in [3.8, 4) is 0 Å². The Balaban J connectivity index is 2.33. The molecule has 0 aliphatic rings. The second-order valence-electron chi connectivity index (χ2n) is 5.06. The fourth-order valence-corrected chi connectivity index (χ4v) is 3.05. The molecule has 0 saturated heterocycles. The molecule has 0 atom stereocenters. The monoisotopic (exact) mass is 353 g/mol. The van der Waals surface area contributed by atoms with Gasteiger partial charge in [-0.3, -0.25) is 4.72 Å². The average Bonchev–Trinajstić information content (AvgIpc) is 2.47. The molecule has 0 unspecified atom stereocenters. The average molecular weight is 354 g/mol. The second-order valence-corrected chi connectivity index (χ2v) is 7.18. The first kappa shape index (κ1) is 17.3. The lowest BCUT2D eigenvalue weighted by molar-refractivity contribution is 0.0379. The molecule has 0 bridgehead atoms. The Morgan fingerprint density at radius 3 is 2.30 bits per heavy atom. The normalized spacial score (nSPS) is 11.3. The predicted octanol–water partition coefficient (Wildman–Crippen LogP) is 3.71. The van der Waals surface area contributed by atoms with Gasteiger partial charge in [0.25, 0.3) is 10.0 Å². The van der Waals surface area contributed by atoms with E-state index < -0.39 is 16.0 Å². The molecule has 2 rings (SSSR count). The Hall–Kier alpha value is -2.05. The van der Waals surface area contributed by atoms with Crippen molar-refractivity contribution in [1.82, 2.24) is 0 Å². The number of carbonyl (C=O) groups is 1. The van der Waals surface area contributed by atoms with Crippen LogP contribution >= 0.6 is 11.6 Å². The van der Waals surface area contributed by atoms with Crippen LogP contribution in [0.4, 0.5) is 5.69 Å². The predicted molar refractivity (Wildman–Crippen MR) is 89.3 cm³/mol. The summed E-state index contributed by atoms with van der Waals surface area (Å²) in [5.74, 6) is -0.589. The van der Waals surface area contributed by atoms with E-state index in [2.05, 4.69) is 4.72 Å². The number of halogens is 1. The van der Waals surface area contributed by atoms with Crippen molar-refractivity contribution in [2.75, 3.05) is 4.72 Å². The number of sulfonamides is 1. The molecular weight excluding hydrogens is 338 g/mol. The summed E-state index contributed by atoms with van der Waals surface area (Å²) < 4.78 is 32.3. The highest BCUT2D eigenvalue weighted by atomic mass is 35.5. The van der Waals surface area contributed by atoms with Crippen molar-refractivity contribution in [2.45, 2.75) is 24.8 Å². The minimum Gasteiger partial charge on any atom is -0.459 e. The maximum atomic E-state index is 12.4. The zero-order valence-corrected chi connectivity index (χ0v) is 14.2. The SMILES string of the molecule is CC(C)OC(=O)c1ccccc1NS(=O)(=O)c1ccc(Cl)cc1. The van der Waals surface area contributed by atoms with Crippen LogP contribution in [0.25, 0.3) is 0 Å². The van der Waals surface area contributed by atoms with Crippen LogP contribution in [0.2, 0.25) is 5.02 Å². The Bertz CT molecular complexity index is 801. The van der Waals surface area contributed by atoms with E-state index in [0.29, 0.717) is 5.02 Å². The van der Waals surface area contributed by atoms with Gasteiger partial charge in [0, 0.05) is 5.02 Å². The number of carbonyl (C=O) groups excluding carboxylic acids is 1. The smallest absolute Gasteiger partial charge is 0.340 e. The summed E-state index contributed by atoms with van der Waals surface area (Å²) in [6.45, 7) is 3.44. The molecule has 0 radical (unpaired) electrons. The van der Waals surface area contributed by atoms with Crippen molar-refractivity contribution in [2.24, 2.45) is 0 Å². The maximum absolute atomic E-state index is 12.4. The van der Waals surface area contributed by atoms with Crippen LogP contribution < -0.4 is 4.72 Å². The number of rotatable bonds is 5. The quantitative estimate of drug-likeness (QED) is 0.832. The van der Waals surface area contributed by atoms with Crippen LogP contribution in [-0.2, 0) is 14.8 Å². The molecule has 1 N–H and O–H groups in total.